The highest BCUT2D eigenvalue weighted by atomic mass is 16.5. The molecular formula is C11H17NO4. The van der Waals surface area contributed by atoms with Crippen LogP contribution in [0.1, 0.15) is 26.2 Å². The van der Waals surface area contributed by atoms with Crippen molar-refractivity contribution in [2.45, 2.75) is 32.3 Å². The minimum atomic E-state index is -0.651. The molecule has 2 aliphatic heterocycles. The van der Waals surface area contributed by atoms with Crippen LogP contribution in [0.15, 0.2) is 0 Å². The molecule has 1 N–H and O–H groups in total. The van der Waals surface area contributed by atoms with E-state index in [1.165, 1.54) is 0 Å². The number of ether oxygens (including phenoxy) is 2. The highest BCUT2D eigenvalue weighted by Gasteiger charge is 2.52. The molecule has 5 nitrogen and oxygen atoms in total. The fraction of sp³-hybridized carbons (Fsp3) is 0.818. The van der Waals surface area contributed by atoms with Crippen LogP contribution < -0.4 is 5.32 Å². The summed E-state index contributed by atoms with van der Waals surface area (Å²) in [5, 5.41) is 2.74. The fourth-order valence-corrected chi connectivity index (χ4v) is 2.47. The summed E-state index contributed by atoms with van der Waals surface area (Å²) in [5.74, 6) is -0.286. The molecular weight excluding hydrogens is 210 g/mol. The average Bonchev–Trinajstić information content (AvgIpc) is 2.29. The van der Waals surface area contributed by atoms with Gasteiger partial charge in [-0.15, -0.1) is 0 Å². The maximum Gasteiger partial charge on any atom is 0.316 e. The van der Waals surface area contributed by atoms with Crippen molar-refractivity contribution in [3.63, 3.8) is 0 Å². The van der Waals surface area contributed by atoms with Gasteiger partial charge in [-0.1, -0.05) is 0 Å². The summed E-state index contributed by atoms with van der Waals surface area (Å²) in [4.78, 5) is 23.3. The lowest BCUT2D eigenvalue weighted by Gasteiger charge is -2.44. The van der Waals surface area contributed by atoms with Gasteiger partial charge in [-0.2, -0.15) is 0 Å². The zero-order valence-corrected chi connectivity index (χ0v) is 9.45. The molecule has 2 saturated heterocycles. The Balaban J connectivity index is 2.19. The van der Waals surface area contributed by atoms with Gasteiger partial charge in [0, 0.05) is 13.2 Å². The summed E-state index contributed by atoms with van der Waals surface area (Å²) < 4.78 is 10.7. The number of piperidine rings is 1. The van der Waals surface area contributed by atoms with E-state index < -0.39 is 5.41 Å². The Morgan fingerprint density at radius 1 is 1.69 bits per heavy atom. The third-order valence-electron chi connectivity index (χ3n) is 3.36. The van der Waals surface area contributed by atoms with E-state index in [0.29, 0.717) is 19.8 Å². The first kappa shape index (κ1) is 11.4. The van der Waals surface area contributed by atoms with Crippen LogP contribution in [-0.2, 0) is 19.1 Å². The van der Waals surface area contributed by atoms with Gasteiger partial charge in [0.1, 0.15) is 5.41 Å². The van der Waals surface area contributed by atoms with Crippen LogP contribution in [0.5, 0.6) is 0 Å². The van der Waals surface area contributed by atoms with Crippen molar-refractivity contribution in [3.05, 3.63) is 0 Å². The second-order valence-corrected chi connectivity index (χ2v) is 4.32. The van der Waals surface area contributed by atoms with Crippen LogP contribution in [0.2, 0.25) is 0 Å². The van der Waals surface area contributed by atoms with Crippen LogP contribution in [-0.4, -0.2) is 37.7 Å². The highest BCUT2D eigenvalue weighted by molar-refractivity contribution is 5.85. The van der Waals surface area contributed by atoms with Crippen molar-refractivity contribution in [3.8, 4) is 0 Å². The van der Waals surface area contributed by atoms with Crippen molar-refractivity contribution in [2.24, 2.45) is 5.41 Å². The number of amides is 1. The number of nitrogens with one attached hydrogen (secondary N) is 1. The summed E-state index contributed by atoms with van der Waals surface area (Å²) in [6.45, 7) is 3.12. The first-order valence-electron chi connectivity index (χ1n) is 5.74. The molecule has 0 unspecified atom stereocenters. The van der Waals surface area contributed by atoms with Crippen molar-refractivity contribution in [1.29, 1.82) is 0 Å². The first-order chi connectivity index (χ1) is 7.69. The van der Waals surface area contributed by atoms with E-state index in [0.717, 1.165) is 12.8 Å². The van der Waals surface area contributed by atoms with Gasteiger partial charge in [0.2, 0.25) is 5.91 Å². The van der Waals surface area contributed by atoms with Crippen molar-refractivity contribution >= 4 is 11.9 Å². The molecule has 2 atom stereocenters. The number of rotatable bonds is 2. The molecule has 1 amide bonds. The summed E-state index contributed by atoms with van der Waals surface area (Å²) in [6, 6.07) is 0. The summed E-state index contributed by atoms with van der Waals surface area (Å²) >= 11 is 0. The Kier molecular flexibility index (Phi) is 3.14. The van der Waals surface area contributed by atoms with Crippen molar-refractivity contribution in [2.75, 3.05) is 19.8 Å². The van der Waals surface area contributed by atoms with Gasteiger partial charge < -0.3 is 14.8 Å². The molecule has 16 heavy (non-hydrogen) atoms. The van der Waals surface area contributed by atoms with Crippen LogP contribution in [0.4, 0.5) is 0 Å². The maximum atomic E-state index is 12.0. The molecule has 90 valence electrons. The van der Waals surface area contributed by atoms with Crippen LogP contribution >= 0.6 is 0 Å². The minimum absolute atomic E-state index is 0.0492. The SMILES string of the molecule is CCOC(=O)[C@]12CCCO[C@H]1CC(=O)NC2. The quantitative estimate of drug-likeness (QED) is 0.686. The Bertz CT molecular complexity index is 304. The smallest absolute Gasteiger partial charge is 0.316 e. The molecule has 2 fully saturated rings. The van der Waals surface area contributed by atoms with Gasteiger partial charge in [0.05, 0.1) is 19.1 Å². The Morgan fingerprint density at radius 3 is 3.25 bits per heavy atom. The van der Waals surface area contributed by atoms with E-state index in [1.54, 1.807) is 6.92 Å². The van der Waals surface area contributed by atoms with Crippen molar-refractivity contribution in [1.82, 2.24) is 5.32 Å². The number of fused-ring (bicyclic) bond motifs is 1. The van der Waals surface area contributed by atoms with Crippen LogP contribution in [0, 0.1) is 5.41 Å². The second-order valence-electron chi connectivity index (χ2n) is 4.32. The van der Waals surface area contributed by atoms with E-state index >= 15 is 0 Å². The monoisotopic (exact) mass is 227 g/mol. The maximum absolute atomic E-state index is 12.0. The normalized spacial score (nSPS) is 33.8. The number of carbonyl (C=O) groups excluding carboxylic acids is 2. The Morgan fingerprint density at radius 2 is 2.50 bits per heavy atom. The van der Waals surface area contributed by atoms with Gasteiger partial charge in [-0.25, -0.2) is 0 Å². The average molecular weight is 227 g/mol. The first-order valence-corrected chi connectivity index (χ1v) is 5.74. The lowest BCUT2D eigenvalue weighted by atomic mass is 9.73. The standard InChI is InChI=1S/C11H17NO4/c1-2-15-10(14)11-4-3-5-16-8(11)6-9(13)12-7-11/h8H,2-7H2,1H3,(H,12,13)/t8-,11-/m0/s1. The summed E-state index contributed by atoms with van der Waals surface area (Å²) in [7, 11) is 0. The minimum Gasteiger partial charge on any atom is -0.465 e. The number of hydrogen-bond acceptors (Lipinski definition) is 4. The molecule has 2 heterocycles. The van der Waals surface area contributed by atoms with Crippen LogP contribution in [0.3, 0.4) is 0 Å². The van der Waals surface area contributed by atoms with Crippen LogP contribution in [0.25, 0.3) is 0 Å². The lowest BCUT2D eigenvalue weighted by Crippen LogP contribution is -2.59. The summed E-state index contributed by atoms with van der Waals surface area (Å²) in [5.41, 5.74) is -0.651. The largest absolute Gasteiger partial charge is 0.465 e. The Hall–Kier alpha value is -1.10. The highest BCUT2D eigenvalue weighted by Crippen LogP contribution is 2.39. The van der Waals surface area contributed by atoms with Gasteiger partial charge in [0.15, 0.2) is 0 Å². The van der Waals surface area contributed by atoms with Gasteiger partial charge in [-0.05, 0) is 19.8 Å². The van der Waals surface area contributed by atoms with Gasteiger partial charge in [-0.3, -0.25) is 9.59 Å². The predicted molar refractivity (Wildman–Crippen MR) is 55.7 cm³/mol. The molecule has 0 spiro atoms. The van der Waals surface area contributed by atoms with Crippen molar-refractivity contribution < 1.29 is 19.1 Å². The predicted octanol–water partition coefficient (Wildman–Crippen LogP) is 0.235. The molecule has 0 aromatic heterocycles. The van der Waals surface area contributed by atoms with Gasteiger partial charge >= 0.3 is 5.97 Å². The summed E-state index contributed by atoms with van der Waals surface area (Å²) in [6.07, 6.45) is 1.52. The Labute approximate surface area is 94.5 Å². The molecule has 5 heteroatoms. The molecule has 0 aliphatic carbocycles. The lowest BCUT2D eigenvalue weighted by molar-refractivity contribution is -0.179. The molecule has 0 saturated carbocycles. The van der Waals surface area contributed by atoms with E-state index in [9.17, 15) is 9.59 Å². The van der Waals surface area contributed by atoms with E-state index in [4.69, 9.17) is 9.47 Å². The number of esters is 1. The topological polar surface area (TPSA) is 64.6 Å². The van der Waals surface area contributed by atoms with Gasteiger partial charge in [0.25, 0.3) is 0 Å². The third-order valence-corrected chi connectivity index (χ3v) is 3.36. The second kappa shape index (κ2) is 4.41. The zero-order chi connectivity index (χ0) is 11.6. The molecule has 0 radical (unpaired) electrons. The molecule has 2 rings (SSSR count). The third kappa shape index (κ3) is 1.80. The number of hydrogen-bond donors (Lipinski definition) is 1. The van der Waals surface area contributed by atoms with E-state index in [1.807, 2.05) is 0 Å². The zero-order valence-electron chi connectivity index (χ0n) is 9.45. The molecule has 0 bridgehead atoms. The molecule has 0 aromatic rings. The van der Waals surface area contributed by atoms with E-state index in [-0.39, 0.29) is 24.4 Å². The number of carbonyl (C=O) groups is 2. The molecule has 2 aliphatic rings. The molecule has 0 aromatic carbocycles. The van der Waals surface area contributed by atoms with E-state index in [2.05, 4.69) is 5.32 Å². The fourth-order valence-electron chi connectivity index (χ4n) is 2.47.